The second kappa shape index (κ2) is 2.61. The van der Waals surface area contributed by atoms with Gasteiger partial charge in [0.2, 0.25) is 0 Å². The van der Waals surface area contributed by atoms with E-state index in [-0.39, 0.29) is 0 Å². The van der Waals surface area contributed by atoms with Gasteiger partial charge in [-0.25, -0.2) is 0 Å². The summed E-state index contributed by atoms with van der Waals surface area (Å²) in [6, 6.07) is 0. The molecule has 11 heavy (non-hydrogen) atoms. The van der Waals surface area contributed by atoms with Crippen molar-refractivity contribution in [1.29, 1.82) is 0 Å². The van der Waals surface area contributed by atoms with Gasteiger partial charge in [0.05, 0.1) is 0 Å². The van der Waals surface area contributed by atoms with Gasteiger partial charge in [0.15, 0.2) is 0 Å². The van der Waals surface area contributed by atoms with Crippen LogP contribution in [0, 0.1) is 6.92 Å². The second-order valence-electron chi connectivity index (χ2n) is 3.31. The number of hydrogen-bond donors (Lipinski definition) is 0. The molecular weight excluding hydrogens is 154 g/mol. The Bertz CT molecular complexity index is 265. The molecule has 0 aromatic carbocycles. The summed E-state index contributed by atoms with van der Waals surface area (Å²) in [5, 5.41) is 2.28. The Kier molecular flexibility index (Phi) is 1.74. The standard InChI is InChI=1S/C9H13NS/c1-7-6-11-9-3-4-10(2)5-8(7)9/h6H,3-5H2,1-2H3. The zero-order chi connectivity index (χ0) is 7.84. The van der Waals surface area contributed by atoms with Crippen molar-refractivity contribution >= 4 is 11.3 Å². The van der Waals surface area contributed by atoms with Crippen molar-refractivity contribution in [1.82, 2.24) is 4.90 Å². The van der Waals surface area contributed by atoms with Crippen LogP contribution in [0.1, 0.15) is 16.0 Å². The van der Waals surface area contributed by atoms with Crippen molar-refractivity contribution in [2.24, 2.45) is 0 Å². The van der Waals surface area contributed by atoms with Gasteiger partial charge in [0.1, 0.15) is 0 Å². The number of likely N-dealkylation sites (N-methyl/N-ethyl adjacent to an activating group) is 1. The molecular formula is C9H13NS. The van der Waals surface area contributed by atoms with Crippen molar-refractivity contribution in [3.8, 4) is 0 Å². The summed E-state index contributed by atoms with van der Waals surface area (Å²) in [7, 11) is 2.19. The van der Waals surface area contributed by atoms with E-state index in [1.807, 2.05) is 11.3 Å². The van der Waals surface area contributed by atoms with Crippen LogP contribution >= 0.6 is 11.3 Å². The van der Waals surface area contributed by atoms with Gasteiger partial charge < -0.3 is 4.90 Å². The van der Waals surface area contributed by atoms with E-state index in [2.05, 4.69) is 24.3 Å². The van der Waals surface area contributed by atoms with Crippen molar-refractivity contribution in [2.45, 2.75) is 19.9 Å². The first-order chi connectivity index (χ1) is 5.27. The third-order valence-electron chi connectivity index (χ3n) is 2.34. The van der Waals surface area contributed by atoms with Crippen molar-refractivity contribution in [2.75, 3.05) is 13.6 Å². The lowest BCUT2D eigenvalue weighted by molar-refractivity contribution is 0.314. The van der Waals surface area contributed by atoms with E-state index in [4.69, 9.17) is 0 Å². The Morgan fingerprint density at radius 3 is 3.18 bits per heavy atom. The molecule has 0 atom stereocenters. The van der Waals surface area contributed by atoms with Gasteiger partial charge in [0.25, 0.3) is 0 Å². The second-order valence-corrected chi connectivity index (χ2v) is 4.27. The molecule has 0 aliphatic carbocycles. The highest BCUT2D eigenvalue weighted by Gasteiger charge is 2.15. The van der Waals surface area contributed by atoms with Crippen molar-refractivity contribution in [3.05, 3.63) is 21.4 Å². The first kappa shape index (κ1) is 7.32. The summed E-state index contributed by atoms with van der Waals surface area (Å²) >= 11 is 1.93. The molecule has 1 aliphatic heterocycles. The Labute approximate surface area is 71.7 Å². The third kappa shape index (κ3) is 1.21. The van der Waals surface area contributed by atoms with E-state index in [9.17, 15) is 0 Å². The van der Waals surface area contributed by atoms with Crippen LogP contribution in [0.15, 0.2) is 5.38 Å². The Morgan fingerprint density at radius 2 is 2.36 bits per heavy atom. The lowest BCUT2D eigenvalue weighted by Gasteiger charge is -2.22. The van der Waals surface area contributed by atoms with E-state index < -0.39 is 0 Å². The van der Waals surface area contributed by atoms with Crippen LogP contribution in [0.4, 0.5) is 0 Å². The molecule has 0 unspecified atom stereocenters. The number of hydrogen-bond acceptors (Lipinski definition) is 2. The van der Waals surface area contributed by atoms with E-state index in [1.54, 1.807) is 10.4 Å². The molecule has 0 saturated heterocycles. The maximum Gasteiger partial charge on any atom is 0.0244 e. The Balaban J connectivity index is 2.37. The number of fused-ring (bicyclic) bond motifs is 1. The Hall–Kier alpha value is -0.340. The average Bonchev–Trinajstić information content (AvgIpc) is 2.33. The fourth-order valence-corrected chi connectivity index (χ4v) is 2.62. The van der Waals surface area contributed by atoms with E-state index in [0.29, 0.717) is 0 Å². The zero-order valence-corrected chi connectivity index (χ0v) is 7.87. The van der Waals surface area contributed by atoms with Crippen molar-refractivity contribution in [3.63, 3.8) is 0 Å². The Morgan fingerprint density at radius 1 is 1.55 bits per heavy atom. The summed E-state index contributed by atoms with van der Waals surface area (Å²) in [6.45, 7) is 4.60. The molecule has 0 amide bonds. The minimum absolute atomic E-state index is 1.16. The predicted molar refractivity (Wildman–Crippen MR) is 49.1 cm³/mol. The summed E-state index contributed by atoms with van der Waals surface area (Å²) < 4.78 is 0. The quantitative estimate of drug-likeness (QED) is 0.571. The fraction of sp³-hybridized carbons (Fsp3) is 0.556. The monoisotopic (exact) mass is 167 g/mol. The van der Waals surface area contributed by atoms with Crippen LogP contribution in [0.5, 0.6) is 0 Å². The lowest BCUT2D eigenvalue weighted by Crippen LogP contribution is -2.25. The topological polar surface area (TPSA) is 3.24 Å². The molecule has 2 heteroatoms. The molecule has 1 aliphatic rings. The fourth-order valence-electron chi connectivity index (χ4n) is 1.59. The van der Waals surface area contributed by atoms with Crippen LogP contribution in [-0.2, 0) is 13.0 Å². The number of thiophene rings is 1. The molecule has 60 valence electrons. The van der Waals surface area contributed by atoms with Gasteiger partial charge >= 0.3 is 0 Å². The highest BCUT2D eigenvalue weighted by Crippen LogP contribution is 2.26. The van der Waals surface area contributed by atoms with Gasteiger partial charge in [0, 0.05) is 18.0 Å². The molecule has 0 fully saturated rings. The van der Waals surface area contributed by atoms with Crippen LogP contribution < -0.4 is 0 Å². The maximum absolute atomic E-state index is 2.39. The van der Waals surface area contributed by atoms with E-state index >= 15 is 0 Å². The minimum Gasteiger partial charge on any atom is -0.302 e. The molecule has 0 radical (unpaired) electrons. The normalized spacial score (nSPS) is 18.4. The first-order valence-electron chi connectivity index (χ1n) is 4.02. The number of rotatable bonds is 0. The molecule has 0 N–H and O–H groups in total. The first-order valence-corrected chi connectivity index (χ1v) is 4.89. The maximum atomic E-state index is 2.39. The van der Waals surface area contributed by atoms with E-state index in [1.165, 1.54) is 18.5 Å². The zero-order valence-electron chi connectivity index (χ0n) is 7.05. The molecule has 0 bridgehead atoms. The van der Waals surface area contributed by atoms with Gasteiger partial charge in [-0.3, -0.25) is 0 Å². The predicted octanol–water partition coefficient (Wildman–Crippen LogP) is 2.04. The number of aryl methyl sites for hydroxylation is 1. The van der Waals surface area contributed by atoms with Crippen LogP contribution in [0.25, 0.3) is 0 Å². The molecule has 0 spiro atoms. The lowest BCUT2D eigenvalue weighted by atomic mass is 10.1. The summed E-state index contributed by atoms with van der Waals surface area (Å²) in [4.78, 5) is 4.00. The van der Waals surface area contributed by atoms with Gasteiger partial charge in [-0.05, 0) is 36.9 Å². The summed E-state index contributed by atoms with van der Waals surface area (Å²) in [5.41, 5.74) is 3.07. The highest BCUT2D eigenvalue weighted by atomic mass is 32.1. The van der Waals surface area contributed by atoms with Crippen molar-refractivity contribution < 1.29 is 0 Å². The third-order valence-corrected chi connectivity index (χ3v) is 3.55. The SMILES string of the molecule is Cc1csc2c1CN(C)CC2. The van der Waals surface area contributed by atoms with Crippen LogP contribution in [0.2, 0.25) is 0 Å². The molecule has 1 nitrogen and oxygen atoms in total. The smallest absolute Gasteiger partial charge is 0.0244 e. The molecule has 0 saturated carbocycles. The molecule has 2 rings (SSSR count). The summed E-state index contributed by atoms with van der Waals surface area (Å²) in [5.74, 6) is 0. The van der Waals surface area contributed by atoms with Gasteiger partial charge in [-0.2, -0.15) is 0 Å². The van der Waals surface area contributed by atoms with Gasteiger partial charge in [-0.1, -0.05) is 0 Å². The largest absolute Gasteiger partial charge is 0.302 e. The molecule has 1 aromatic heterocycles. The van der Waals surface area contributed by atoms with Crippen LogP contribution in [-0.4, -0.2) is 18.5 Å². The van der Waals surface area contributed by atoms with Gasteiger partial charge in [-0.15, -0.1) is 11.3 Å². The average molecular weight is 167 g/mol. The number of nitrogens with zero attached hydrogens (tertiary/aromatic N) is 1. The van der Waals surface area contributed by atoms with E-state index in [0.717, 1.165) is 6.54 Å². The highest BCUT2D eigenvalue weighted by molar-refractivity contribution is 7.10. The summed E-state index contributed by atoms with van der Waals surface area (Å²) in [6.07, 6.45) is 1.25. The minimum atomic E-state index is 1.16. The van der Waals surface area contributed by atoms with Crippen LogP contribution in [0.3, 0.4) is 0 Å². The molecule has 1 aromatic rings. The molecule has 2 heterocycles.